The maximum atomic E-state index is 2.69. The number of likely N-dealkylation sites (N-methyl/N-ethyl adjacent to an activating group) is 1. The topological polar surface area (TPSA) is 3.24 Å². The lowest BCUT2D eigenvalue weighted by molar-refractivity contribution is 0.122. The molecule has 1 saturated carbocycles. The number of hydrogen-bond donors (Lipinski definition) is 0. The van der Waals surface area contributed by atoms with Crippen LogP contribution in [0.4, 0.5) is 0 Å². The van der Waals surface area contributed by atoms with Crippen molar-refractivity contribution in [2.75, 3.05) is 13.1 Å². The van der Waals surface area contributed by atoms with Gasteiger partial charge in [-0.15, -0.1) is 0 Å². The molecule has 0 spiro atoms. The van der Waals surface area contributed by atoms with E-state index in [1.165, 1.54) is 38.8 Å². The Morgan fingerprint density at radius 2 is 1.89 bits per heavy atom. The van der Waals surface area contributed by atoms with Crippen molar-refractivity contribution in [1.29, 1.82) is 0 Å². The van der Waals surface area contributed by atoms with Crippen LogP contribution in [0.1, 0.15) is 50.2 Å². The van der Waals surface area contributed by atoms with Gasteiger partial charge in [-0.1, -0.05) is 44.5 Å². The highest BCUT2D eigenvalue weighted by atomic mass is 15.2. The van der Waals surface area contributed by atoms with Crippen LogP contribution < -0.4 is 0 Å². The number of fused-ring (bicyclic) bond motifs is 3. The predicted octanol–water partition coefficient (Wildman–Crippen LogP) is 3.84. The molecule has 1 aromatic carbocycles. The Balaban J connectivity index is 1.93. The number of rotatable bonds is 3. The van der Waals surface area contributed by atoms with Crippen LogP contribution in [0.15, 0.2) is 24.3 Å². The van der Waals surface area contributed by atoms with Gasteiger partial charge in [0.15, 0.2) is 0 Å². The summed E-state index contributed by atoms with van der Waals surface area (Å²) in [6, 6.07) is 9.98. The summed E-state index contributed by atoms with van der Waals surface area (Å²) in [6.45, 7) is 7.03. The maximum Gasteiger partial charge on any atom is 0.0167 e. The summed E-state index contributed by atoms with van der Waals surface area (Å²) in [4.78, 5) is 2.69. The molecule has 0 saturated heterocycles. The first-order valence-electron chi connectivity index (χ1n) is 7.67. The molecule has 0 aliphatic heterocycles. The summed E-state index contributed by atoms with van der Waals surface area (Å²) in [5, 5.41) is 0. The van der Waals surface area contributed by atoms with Gasteiger partial charge in [-0.3, -0.25) is 0 Å². The Labute approximate surface area is 111 Å². The molecule has 3 unspecified atom stereocenters. The SMILES string of the molecule is CCN(CC)C1CCCC2Cc3ccccc3C21. The van der Waals surface area contributed by atoms with Crippen LogP contribution in [0.3, 0.4) is 0 Å². The van der Waals surface area contributed by atoms with Gasteiger partial charge >= 0.3 is 0 Å². The number of hydrogen-bond acceptors (Lipinski definition) is 1. The highest BCUT2D eigenvalue weighted by Gasteiger charge is 2.41. The van der Waals surface area contributed by atoms with E-state index in [1.807, 2.05) is 0 Å². The number of benzene rings is 1. The van der Waals surface area contributed by atoms with E-state index < -0.39 is 0 Å². The predicted molar refractivity (Wildman–Crippen MR) is 76.9 cm³/mol. The summed E-state index contributed by atoms with van der Waals surface area (Å²) in [7, 11) is 0. The fourth-order valence-corrected chi connectivity index (χ4v) is 4.38. The van der Waals surface area contributed by atoms with Crippen molar-refractivity contribution in [3.05, 3.63) is 35.4 Å². The lowest BCUT2D eigenvalue weighted by Crippen LogP contribution is -2.43. The van der Waals surface area contributed by atoms with E-state index in [0.717, 1.165) is 17.9 Å². The van der Waals surface area contributed by atoms with Crippen molar-refractivity contribution in [3.8, 4) is 0 Å². The van der Waals surface area contributed by atoms with Crippen LogP contribution in [0.2, 0.25) is 0 Å². The molecule has 0 bridgehead atoms. The Morgan fingerprint density at radius 3 is 2.67 bits per heavy atom. The summed E-state index contributed by atoms with van der Waals surface area (Å²) < 4.78 is 0. The fraction of sp³-hybridized carbons (Fsp3) is 0.647. The fourth-order valence-electron chi connectivity index (χ4n) is 4.38. The zero-order chi connectivity index (χ0) is 12.5. The van der Waals surface area contributed by atoms with Crippen molar-refractivity contribution in [3.63, 3.8) is 0 Å². The summed E-state index contributed by atoms with van der Waals surface area (Å²) in [5.74, 6) is 1.73. The molecule has 18 heavy (non-hydrogen) atoms. The van der Waals surface area contributed by atoms with Crippen LogP contribution in [0.25, 0.3) is 0 Å². The Kier molecular flexibility index (Phi) is 3.43. The first-order chi connectivity index (χ1) is 8.85. The molecule has 1 heteroatoms. The van der Waals surface area contributed by atoms with Crippen LogP contribution >= 0.6 is 0 Å². The average Bonchev–Trinajstić information content (AvgIpc) is 2.79. The third-order valence-corrected chi connectivity index (χ3v) is 5.17. The van der Waals surface area contributed by atoms with Gasteiger partial charge in [0, 0.05) is 12.0 Å². The molecular weight excluding hydrogens is 218 g/mol. The first-order valence-corrected chi connectivity index (χ1v) is 7.67. The third-order valence-electron chi connectivity index (χ3n) is 5.17. The molecule has 98 valence electrons. The molecule has 1 aromatic rings. The molecule has 0 radical (unpaired) electrons. The van der Waals surface area contributed by atoms with Gasteiger partial charge < -0.3 is 4.90 Å². The lowest BCUT2D eigenvalue weighted by Gasteiger charge is -2.41. The summed E-state index contributed by atoms with van der Waals surface area (Å²) in [6.07, 6.45) is 5.60. The van der Waals surface area contributed by atoms with Crippen molar-refractivity contribution in [2.45, 2.75) is 51.5 Å². The monoisotopic (exact) mass is 243 g/mol. The zero-order valence-corrected chi connectivity index (χ0v) is 11.7. The normalized spacial score (nSPS) is 30.3. The van der Waals surface area contributed by atoms with Gasteiger partial charge in [0.05, 0.1) is 0 Å². The Bertz CT molecular complexity index is 408. The van der Waals surface area contributed by atoms with Gasteiger partial charge in [-0.05, 0) is 49.4 Å². The summed E-state index contributed by atoms with van der Waals surface area (Å²) >= 11 is 0. The molecule has 1 nitrogen and oxygen atoms in total. The molecule has 2 aliphatic rings. The Hall–Kier alpha value is -0.820. The van der Waals surface area contributed by atoms with Crippen LogP contribution in [0.5, 0.6) is 0 Å². The van der Waals surface area contributed by atoms with E-state index in [4.69, 9.17) is 0 Å². The highest BCUT2D eigenvalue weighted by molar-refractivity contribution is 5.38. The number of nitrogens with zero attached hydrogens (tertiary/aromatic N) is 1. The standard InChI is InChI=1S/C17H25N/c1-3-18(4-2)16-11-7-9-14-12-13-8-5-6-10-15(13)17(14)16/h5-6,8,10,14,16-17H,3-4,7,9,11-12H2,1-2H3. The van der Waals surface area contributed by atoms with E-state index in [1.54, 1.807) is 11.1 Å². The summed E-state index contributed by atoms with van der Waals surface area (Å²) in [5.41, 5.74) is 3.30. The minimum Gasteiger partial charge on any atom is -0.300 e. The van der Waals surface area contributed by atoms with Crippen LogP contribution in [-0.4, -0.2) is 24.0 Å². The second-order valence-corrected chi connectivity index (χ2v) is 5.91. The van der Waals surface area contributed by atoms with Crippen LogP contribution in [0, 0.1) is 5.92 Å². The van der Waals surface area contributed by atoms with E-state index in [0.29, 0.717) is 0 Å². The second-order valence-electron chi connectivity index (χ2n) is 5.91. The molecule has 0 heterocycles. The first kappa shape index (κ1) is 12.2. The van der Waals surface area contributed by atoms with E-state index in [9.17, 15) is 0 Å². The minimum atomic E-state index is 0.794. The molecule has 3 atom stereocenters. The maximum absolute atomic E-state index is 2.69. The zero-order valence-electron chi connectivity index (χ0n) is 11.7. The van der Waals surface area contributed by atoms with E-state index in [2.05, 4.69) is 43.0 Å². The smallest absolute Gasteiger partial charge is 0.0167 e. The van der Waals surface area contributed by atoms with Gasteiger partial charge in [0.25, 0.3) is 0 Å². The average molecular weight is 243 g/mol. The molecule has 0 amide bonds. The van der Waals surface area contributed by atoms with E-state index >= 15 is 0 Å². The van der Waals surface area contributed by atoms with Gasteiger partial charge in [0.1, 0.15) is 0 Å². The molecule has 2 aliphatic carbocycles. The lowest BCUT2D eigenvalue weighted by atomic mass is 9.75. The highest BCUT2D eigenvalue weighted by Crippen LogP contribution is 2.48. The van der Waals surface area contributed by atoms with Gasteiger partial charge in [-0.2, -0.15) is 0 Å². The molecular formula is C17H25N. The van der Waals surface area contributed by atoms with E-state index in [-0.39, 0.29) is 0 Å². The van der Waals surface area contributed by atoms with Gasteiger partial charge in [0.2, 0.25) is 0 Å². The van der Waals surface area contributed by atoms with Crippen molar-refractivity contribution >= 4 is 0 Å². The van der Waals surface area contributed by atoms with Gasteiger partial charge in [-0.25, -0.2) is 0 Å². The van der Waals surface area contributed by atoms with Crippen molar-refractivity contribution < 1.29 is 0 Å². The largest absolute Gasteiger partial charge is 0.300 e. The Morgan fingerprint density at radius 1 is 1.11 bits per heavy atom. The van der Waals surface area contributed by atoms with Crippen molar-refractivity contribution in [2.24, 2.45) is 5.92 Å². The minimum absolute atomic E-state index is 0.794. The third kappa shape index (κ3) is 1.89. The second kappa shape index (κ2) is 5.05. The molecule has 0 aromatic heterocycles. The van der Waals surface area contributed by atoms with Crippen LogP contribution in [-0.2, 0) is 6.42 Å². The quantitative estimate of drug-likeness (QED) is 0.779. The molecule has 1 fully saturated rings. The molecule has 3 rings (SSSR count). The molecule has 0 N–H and O–H groups in total. The van der Waals surface area contributed by atoms with Crippen molar-refractivity contribution in [1.82, 2.24) is 4.90 Å².